The minimum absolute atomic E-state index is 0.202. The molecule has 1 aromatic carbocycles. The van der Waals surface area contributed by atoms with Crippen LogP contribution in [0.2, 0.25) is 0 Å². The summed E-state index contributed by atoms with van der Waals surface area (Å²) in [5.41, 5.74) is 6.36. The first-order valence-electron chi connectivity index (χ1n) is 4.85. The predicted molar refractivity (Wildman–Crippen MR) is 65.0 cm³/mol. The number of benzene rings is 1. The second-order valence-electron chi connectivity index (χ2n) is 3.33. The topological polar surface area (TPSA) is 74.7 Å². The summed E-state index contributed by atoms with van der Waals surface area (Å²) in [7, 11) is 0. The molecule has 0 unspecified atom stereocenters. The van der Waals surface area contributed by atoms with E-state index in [-0.39, 0.29) is 11.6 Å². The SMILES string of the molecule is N#Cc1c(N)nsc1NCc1ccccc1F. The summed E-state index contributed by atoms with van der Waals surface area (Å²) in [5, 5.41) is 12.4. The zero-order chi connectivity index (χ0) is 12.3. The van der Waals surface area contributed by atoms with Gasteiger partial charge in [0.2, 0.25) is 0 Å². The van der Waals surface area contributed by atoms with E-state index in [1.807, 2.05) is 6.07 Å². The van der Waals surface area contributed by atoms with E-state index in [9.17, 15) is 4.39 Å². The number of halogens is 1. The molecule has 0 amide bonds. The predicted octanol–water partition coefficient (Wildman–Crippen LogP) is 2.35. The molecule has 86 valence electrons. The molecule has 4 nitrogen and oxygen atoms in total. The van der Waals surface area contributed by atoms with Crippen LogP contribution in [0.1, 0.15) is 11.1 Å². The molecular weight excluding hydrogens is 239 g/mol. The van der Waals surface area contributed by atoms with Crippen molar-refractivity contribution in [2.45, 2.75) is 6.54 Å². The number of rotatable bonds is 3. The van der Waals surface area contributed by atoms with Crippen molar-refractivity contribution in [1.82, 2.24) is 4.37 Å². The molecule has 2 aromatic rings. The Labute approximate surface area is 102 Å². The van der Waals surface area contributed by atoms with Gasteiger partial charge in [-0.25, -0.2) is 4.39 Å². The van der Waals surface area contributed by atoms with Gasteiger partial charge in [-0.15, -0.1) is 0 Å². The molecule has 0 bridgehead atoms. The van der Waals surface area contributed by atoms with E-state index in [4.69, 9.17) is 11.0 Å². The van der Waals surface area contributed by atoms with Crippen molar-refractivity contribution in [3.63, 3.8) is 0 Å². The fourth-order valence-electron chi connectivity index (χ4n) is 1.35. The number of aromatic nitrogens is 1. The van der Waals surface area contributed by atoms with Gasteiger partial charge >= 0.3 is 0 Å². The summed E-state index contributed by atoms with van der Waals surface area (Å²) in [4.78, 5) is 0. The lowest BCUT2D eigenvalue weighted by Crippen LogP contribution is -2.01. The number of anilines is 2. The van der Waals surface area contributed by atoms with Crippen LogP contribution in [0, 0.1) is 17.1 Å². The second-order valence-corrected chi connectivity index (χ2v) is 4.10. The van der Waals surface area contributed by atoms with Gasteiger partial charge in [-0.2, -0.15) is 9.64 Å². The van der Waals surface area contributed by atoms with E-state index in [0.29, 0.717) is 22.7 Å². The first-order chi connectivity index (χ1) is 8.22. The molecule has 2 rings (SSSR count). The maximum absolute atomic E-state index is 13.3. The van der Waals surface area contributed by atoms with Crippen molar-refractivity contribution in [3.05, 3.63) is 41.2 Å². The highest BCUT2D eigenvalue weighted by molar-refractivity contribution is 7.10. The molecule has 0 fully saturated rings. The van der Waals surface area contributed by atoms with Gasteiger partial charge in [0.1, 0.15) is 22.5 Å². The molecule has 0 spiro atoms. The normalized spacial score (nSPS) is 9.88. The van der Waals surface area contributed by atoms with Crippen LogP contribution in [-0.4, -0.2) is 4.37 Å². The molecule has 0 atom stereocenters. The Bertz CT molecular complexity index is 573. The van der Waals surface area contributed by atoms with Crippen LogP contribution in [0.4, 0.5) is 15.2 Å². The van der Waals surface area contributed by atoms with E-state index in [2.05, 4.69) is 9.69 Å². The maximum Gasteiger partial charge on any atom is 0.157 e. The van der Waals surface area contributed by atoms with Crippen molar-refractivity contribution >= 4 is 22.4 Å². The smallest absolute Gasteiger partial charge is 0.157 e. The Balaban J connectivity index is 2.13. The largest absolute Gasteiger partial charge is 0.382 e. The third-order valence-electron chi connectivity index (χ3n) is 2.23. The number of nitrogens with one attached hydrogen (secondary N) is 1. The fourth-order valence-corrected chi connectivity index (χ4v) is 2.01. The third kappa shape index (κ3) is 2.34. The van der Waals surface area contributed by atoms with Crippen LogP contribution in [0.25, 0.3) is 0 Å². The molecular formula is C11H9FN4S. The number of nitrogens with zero attached hydrogens (tertiary/aromatic N) is 2. The first-order valence-corrected chi connectivity index (χ1v) is 5.62. The molecule has 0 aliphatic carbocycles. The maximum atomic E-state index is 13.3. The molecule has 0 saturated carbocycles. The Morgan fingerprint density at radius 3 is 2.94 bits per heavy atom. The van der Waals surface area contributed by atoms with Crippen LogP contribution in [0.3, 0.4) is 0 Å². The molecule has 6 heteroatoms. The number of nitrogen functional groups attached to an aromatic ring is 1. The van der Waals surface area contributed by atoms with Crippen LogP contribution in [0.15, 0.2) is 24.3 Å². The number of nitriles is 1. The van der Waals surface area contributed by atoms with E-state index in [1.54, 1.807) is 18.2 Å². The summed E-state index contributed by atoms with van der Waals surface area (Å²) in [5.74, 6) is -0.0791. The molecule has 0 aliphatic heterocycles. The van der Waals surface area contributed by atoms with Gasteiger partial charge in [-0.05, 0) is 17.6 Å². The number of nitrogens with two attached hydrogens (primary N) is 1. The molecule has 0 aliphatic rings. The lowest BCUT2D eigenvalue weighted by Gasteiger charge is -2.04. The fraction of sp³-hybridized carbons (Fsp3) is 0.0909. The highest BCUT2D eigenvalue weighted by Gasteiger charge is 2.10. The van der Waals surface area contributed by atoms with E-state index in [1.165, 1.54) is 6.07 Å². The van der Waals surface area contributed by atoms with E-state index < -0.39 is 0 Å². The van der Waals surface area contributed by atoms with Gasteiger partial charge in [-0.1, -0.05) is 18.2 Å². The summed E-state index contributed by atoms with van der Waals surface area (Å²) >= 11 is 1.09. The van der Waals surface area contributed by atoms with Gasteiger partial charge in [-0.3, -0.25) is 0 Å². The highest BCUT2D eigenvalue weighted by atomic mass is 32.1. The zero-order valence-corrected chi connectivity index (χ0v) is 9.59. The van der Waals surface area contributed by atoms with Crippen molar-refractivity contribution in [1.29, 1.82) is 5.26 Å². The van der Waals surface area contributed by atoms with Gasteiger partial charge in [0.15, 0.2) is 5.82 Å². The van der Waals surface area contributed by atoms with E-state index in [0.717, 1.165) is 11.5 Å². The van der Waals surface area contributed by atoms with Gasteiger partial charge < -0.3 is 11.1 Å². The van der Waals surface area contributed by atoms with Gasteiger partial charge in [0.05, 0.1) is 0 Å². The van der Waals surface area contributed by atoms with Crippen molar-refractivity contribution < 1.29 is 4.39 Å². The molecule has 1 aromatic heterocycles. The van der Waals surface area contributed by atoms with Crippen LogP contribution < -0.4 is 11.1 Å². The lowest BCUT2D eigenvalue weighted by molar-refractivity contribution is 0.613. The summed E-state index contributed by atoms with van der Waals surface area (Å²) in [6, 6.07) is 8.42. The van der Waals surface area contributed by atoms with Crippen molar-refractivity contribution in [2.24, 2.45) is 0 Å². The Morgan fingerprint density at radius 1 is 1.47 bits per heavy atom. The molecule has 1 heterocycles. The lowest BCUT2D eigenvalue weighted by atomic mass is 10.2. The number of hydrogen-bond acceptors (Lipinski definition) is 5. The molecule has 3 N–H and O–H groups in total. The summed E-state index contributed by atoms with van der Waals surface area (Å²) in [6.07, 6.45) is 0. The standard InChI is InChI=1S/C11H9FN4S/c12-9-4-2-1-3-7(9)6-15-11-8(5-13)10(14)16-17-11/h1-4,15H,6H2,(H2,14,16). The minimum atomic E-state index is -0.281. The van der Waals surface area contributed by atoms with Crippen LogP contribution in [0.5, 0.6) is 0 Å². The average Bonchev–Trinajstić information content (AvgIpc) is 2.69. The Kier molecular flexibility index (Phi) is 3.21. The van der Waals surface area contributed by atoms with Crippen LogP contribution in [-0.2, 0) is 6.54 Å². The van der Waals surface area contributed by atoms with Crippen molar-refractivity contribution in [3.8, 4) is 6.07 Å². The summed E-state index contributed by atoms with van der Waals surface area (Å²) in [6.45, 7) is 0.295. The monoisotopic (exact) mass is 248 g/mol. The third-order valence-corrected chi connectivity index (χ3v) is 3.05. The average molecular weight is 248 g/mol. The van der Waals surface area contributed by atoms with Gasteiger partial charge in [0.25, 0.3) is 0 Å². The Morgan fingerprint density at radius 2 is 2.24 bits per heavy atom. The second kappa shape index (κ2) is 4.80. The van der Waals surface area contributed by atoms with Crippen LogP contribution >= 0.6 is 11.5 Å². The quantitative estimate of drug-likeness (QED) is 0.874. The Hall–Kier alpha value is -2.13. The molecule has 0 radical (unpaired) electrons. The molecule has 0 saturated heterocycles. The van der Waals surface area contributed by atoms with E-state index >= 15 is 0 Å². The summed E-state index contributed by atoms with van der Waals surface area (Å²) < 4.78 is 17.2. The van der Waals surface area contributed by atoms with Crippen molar-refractivity contribution in [2.75, 3.05) is 11.1 Å². The minimum Gasteiger partial charge on any atom is -0.382 e. The van der Waals surface area contributed by atoms with Gasteiger partial charge in [0, 0.05) is 12.1 Å². The zero-order valence-electron chi connectivity index (χ0n) is 8.77. The first kappa shape index (κ1) is 11.4. The molecule has 17 heavy (non-hydrogen) atoms. The number of hydrogen-bond donors (Lipinski definition) is 2. The highest BCUT2D eigenvalue weighted by Crippen LogP contribution is 2.26.